The zero-order valence-corrected chi connectivity index (χ0v) is 10.5. The smallest absolute Gasteiger partial charge is 0.220 e. The van der Waals surface area contributed by atoms with E-state index in [1.807, 2.05) is 0 Å². The standard InChI is InChI=1S/C13H24N2O2/c14-10-13(4-2-5-13)7-12(16)15-8-11-3-1-6-17-9-11/h11H,1-10,14H2,(H,15,16). The van der Waals surface area contributed by atoms with Crippen LogP contribution in [-0.2, 0) is 9.53 Å². The van der Waals surface area contributed by atoms with Crippen molar-refractivity contribution in [2.45, 2.75) is 38.5 Å². The van der Waals surface area contributed by atoms with Gasteiger partial charge in [-0.2, -0.15) is 0 Å². The van der Waals surface area contributed by atoms with Crippen LogP contribution in [0.5, 0.6) is 0 Å². The number of carbonyl (C=O) groups is 1. The van der Waals surface area contributed by atoms with Gasteiger partial charge in [-0.3, -0.25) is 4.79 Å². The van der Waals surface area contributed by atoms with Crippen LogP contribution in [-0.4, -0.2) is 32.2 Å². The van der Waals surface area contributed by atoms with Crippen LogP contribution in [0, 0.1) is 11.3 Å². The number of hydrogen-bond donors (Lipinski definition) is 2. The summed E-state index contributed by atoms with van der Waals surface area (Å²) in [6, 6.07) is 0. The van der Waals surface area contributed by atoms with Crippen LogP contribution in [0.2, 0.25) is 0 Å². The van der Waals surface area contributed by atoms with Gasteiger partial charge in [-0.1, -0.05) is 6.42 Å². The molecule has 98 valence electrons. The van der Waals surface area contributed by atoms with Crippen LogP contribution < -0.4 is 11.1 Å². The van der Waals surface area contributed by atoms with E-state index in [9.17, 15) is 4.79 Å². The highest BCUT2D eigenvalue weighted by molar-refractivity contribution is 5.76. The van der Waals surface area contributed by atoms with Crippen molar-refractivity contribution >= 4 is 5.91 Å². The number of amides is 1. The van der Waals surface area contributed by atoms with Gasteiger partial charge in [0.1, 0.15) is 0 Å². The highest BCUT2D eigenvalue weighted by Crippen LogP contribution is 2.42. The molecule has 1 atom stereocenters. The lowest BCUT2D eigenvalue weighted by atomic mass is 9.66. The summed E-state index contributed by atoms with van der Waals surface area (Å²) >= 11 is 0. The van der Waals surface area contributed by atoms with Crippen LogP contribution >= 0.6 is 0 Å². The minimum absolute atomic E-state index is 0.118. The molecule has 0 spiro atoms. The van der Waals surface area contributed by atoms with Crippen LogP contribution in [0.4, 0.5) is 0 Å². The zero-order valence-electron chi connectivity index (χ0n) is 10.5. The molecule has 0 aromatic carbocycles. The number of carbonyl (C=O) groups excluding carboxylic acids is 1. The van der Waals surface area contributed by atoms with Crippen molar-refractivity contribution in [2.75, 3.05) is 26.3 Å². The summed E-state index contributed by atoms with van der Waals surface area (Å²) < 4.78 is 5.40. The molecule has 1 aliphatic carbocycles. The second-order valence-electron chi connectivity index (χ2n) is 5.62. The van der Waals surface area contributed by atoms with E-state index in [0.29, 0.717) is 18.9 Å². The lowest BCUT2D eigenvalue weighted by molar-refractivity contribution is -0.125. The van der Waals surface area contributed by atoms with E-state index in [0.717, 1.165) is 39.0 Å². The third-order valence-electron chi connectivity index (χ3n) is 4.23. The number of rotatable bonds is 5. The molecule has 1 aliphatic heterocycles. The van der Waals surface area contributed by atoms with Crippen LogP contribution in [0.25, 0.3) is 0 Å². The third kappa shape index (κ3) is 3.42. The molecule has 1 unspecified atom stereocenters. The Morgan fingerprint density at radius 3 is 2.76 bits per heavy atom. The number of nitrogens with two attached hydrogens (primary N) is 1. The van der Waals surface area contributed by atoms with Crippen molar-refractivity contribution in [3.05, 3.63) is 0 Å². The maximum absolute atomic E-state index is 11.8. The van der Waals surface area contributed by atoms with E-state index in [4.69, 9.17) is 10.5 Å². The predicted molar refractivity (Wildman–Crippen MR) is 66.5 cm³/mol. The molecule has 17 heavy (non-hydrogen) atoms. The maximum atomic E-state index is 11.8. The zero-order chi connectivity index (χ0) is 12.1. The van der Waals surface area contributed by atoms with Crippen LogP contribution in [0.1, 0.15) is 38.5 Å². The Morgan fingerprint density at radius 2 is 2.24 bits per heavy atom. The Balaban J connectivity index is 1.66. The molecule has 0 aromatic heterocycles. The first-order valence-corrected chi connectivity index (χ1v) is 6.79. The number of ether oxygens (including phenoxy) is 1. The molecule has 1 saturated carbocycles. The van der Waals surface area contributed by atoms with E-state index in [1.54, 1.807) is 0 Å². The Labute approximate surface area is 103 Å². The van der Waals surface area contributed by atoms with Gasteiger partial charge in [-0.05, 0) is 43.6 Å². The molecule has 0 bridgehead atoms. The normalized spacial score (nSPS) is 27.2. The van der Waals surface area contributed by atoms with E-state index in [1.165, 1.54) is 12.8 Å². The van der Waals surface area contributed by atoms with Gasteiger partial charge in [0.25, 0.3) is 0 Å². The first kappa shape index (κ1) is 12.8. The molecular weight excluding hydrogens is 216 g/mol. The highest BCUT2D eigenvalue weighted by Gasteiger charge is 2.37. The topological polar surface area (TPSA) is 64.4 Å². The quantitative estimate of drug-likeness (QED) is 0.755. The largest absolute Gasteiger partial charge is 0.381 e. The summed E-state index contributed by atoms with van der Waals surface area (Å²) in [5, 5.41) is 3.04. The average Bonchev–Trinajstić information content (AvgIpc) is 2.33. The SMILES string of the molecule is NCC1(CC(=O)NCC2CCCOC2)CCC1. The fraction of sp³-hybridized carbons (Fsp3) is 0.923. The average molecular weight is 240 g/mol. The molecular formula is C13H24N2O2. The summed E-state index contributed by atoms with van der Waals surface area (Å²) in [4.78, 5) is 11.8. The second kappa shape index (κ2) is 5.83. The highest BCUT2D eigenvalue weighted by atomic mass is 16.5. The second-order valence-corrected chi connectivity index (χ2v) is 5.62. The van der Waals surface area contributed by atoms with Gasteiger partial charge in [0.05, 0.1) is 6.61 Å². The minimum atomic E-state index is 0.118. The van der Waals surface area contributed by atoms with E-state index in [-0.39, 0.29) is 11.3 Å². The van der Waals surface area contributed by atoms with Gasteiger partial charge in [0.15, 0.2) is 0 Å². The molecule has 0 aromatic rings. The Hall–Kier alpha value is -0.610. The Kier molecular flexibility index (Phi) is 4.40. The monoisotopic (exact) mass is 240 g/mol. The lowest BCUT2D eigenvalue weighted by Crippen LogP contribution is -2.43. The molecule has 2 fully saturated rings. The number of nitrogens with one attached hydrogen (secondary N) is 1. The minimum Gasteiger partial charge on any atom is -0.381 e. The lowest BCUT2D eigenvalue weighted by Gasteiger charge is -2.40. The third-order valence-corrected chi connectivity index (χ3v) is 4.23. The Morgan fingerprint density at radius 1 is 1.41 bits per heavy atom. The summed E-state index contributed by atoms with van der Waals surface area (Å²) in [7, 11) is 0. The van der Waals surface area contributed by atoms with Crippen LogP contribution in [0.3, 0.4) is 0 Å². The van der Waals surface area contributed by atoms with Crippen molar-refractivity contribution in [3.63, 3.8) is 0 Å². The molecule has 0 radical (unpaired) electrons. The summed E-state index contributed by atoms with van der Waals surface area (Å²) in [5.41, 5.74) is 5.87. The van der Waals surface area contributed by atoms with Crippen molar-refractivity contribution in [1.82, 2.24) is 5.32 Å². The van der Waals surface area contributed by atoms with Gasteiger partial charge in [-0.15, -0.1) is 0 Å². The molecule has 2 rings (SSSR count). The van der Waals surface area contributed by atoms with Crippen molar-refractivity contribution in [1.29, 1.82) is 0 Å². The fourth-order valence-electron chi connectivity index (χ4n) is 2.76. The number of hydrogen-bond acceptors (Lipinski definition) is 3. The fourth-order valence-corrected chi connectivity index (χ4v) is 2.76. The van der Waals surface area contributed by atoms with Gasteiger partial charge in [-0.25, -0.2) is 0 Å². The molecule has 2 aliphatic rings. The van der Waals surface area contributed by atoms with Crippen LogP contribution in [0.15, 0.2) is 0 Å². The summed E-state index contributed by atoms with van der Waals surface area (Å²) in [6.45, 7) is 3.08. The molecule has 4 heteroatoms. The van der Waals surface area contributed by atoms with Gasteiger partial charge in [0.2, 0.25) is 5.91 Å². The van der Waals surface area contributed by atoms with Crippen molar-refractivity contribution < 1.29 is 9.53 Å². The predicted octanol–water partition coefficient (Wildman–Crippen LogP) is 1.05. The first-order valence-electron chi connectivity index (χ1n) is 6.79. The molecule has 4 nitrogen and oxygen atoms in total. The van der Waals surface area contributed by atoms with Crippen molar-refractivity contribution in [2.24, 2.45) is 17.1 Å². The maximum Gasteiger partial charge on any atom is 0.220 e. The molecule has 3 N–H and O–H groups in total. The summed E-state index contributed by atoms with van der Waals surface area (Å²) in [6.07, 6.45) is 6.35. The molecule has 1 amide bonds. The van der Waals surface area contributed by atoms with E-state index in [2.05, 4.69) is 5.32 Å². The Bertz CT molecular complexity index is 253. The molecule has 1 heterocycles. The van der Waals surface area contributed by atoms with Gasteiger partial charge >= 0.3 is 0 Å². The van der Waals surface area contributed by atoms with Gasteiger partial charge < -0.3 is 15.8 Å². The molecule has 1 saturated heterocycles. The van der Waals surface area contributed by atoms with Gasteiger partial charge in [0, 0.05) is 19.6 Å². The van der Waals surface area contributed by atoms with Crippen molar-refractivity contribution in [3.8, 4) is 0 Å². The first-order chi connectivity index (χ1) is 8.24. The van der Waals surface area contributed by atoms with E-state index < -0.39 is 0 Å². The summed E-state index contributed by atoms with van der Waals surface area (Å²) in [5.74, 6) is 0.670. The van der Waals surface area contributed by atoms with E-state index >= 15 is 0 Å².